The maximum Gasteiger partial charge on any atom is 0.360 e. The van der Waals surface area contributed by atoms with E-state index in [1.165, 1.54) is 11.3 Å². The minimum atomic E-state index is -1.23. The zero-order valence-electron chi connectivity index (χ0n) is 21.7. The summed E-state index contributed by atoms with van der Waals surface area (Å²) in [6.07, 6.45) is 0. The first-order valence-corrected chi connectivity index (χ1v) is 13.4. The Hall–Kier alpha value is -4.95. The average molecular weight is 550 g/mol. The molecule has 8 heteroatoms. The van der Waals surface area contributed by atoms with Crippen LogP contribution >= 0.6 is 11.3 Å². The number of methoxy groups -OCH3 is 1. The Balaban J connectivity index is 1.49. The summed E-state index contributed by atoms with van der Waals surface area (Å²) in [5, 5.41) is 19.7. The first kappa shape index (κ1) is 26.6. The van der Waals surface area contributed by atoms with Crippen LogP contribution in [-0.2, 0) is 21.8 Å². The second-order valence-electron chi connectivity index (χ2n) is 8.88. The zero-order chi connectivity index (χ0) is 27.8. The van der Waals surface area contributed by atoms with Crippen LogP contribution in [0.15, 0.2) is 126 Å². The lowest BCUT2D eigenvalue weighted by Crippen LogP contribution is -2.38. The van der Waals surface area contributed by atoms with Gasteiger partial charge in [-0.25, -0.2) is 9.78 Å². The maximum absolute atomic E-state index is 12.1. The van der Waals surface area contributed by atoms with Gasteiger partial charge in [0, 0.05) is 5.38 Å². The summed E-state index contributed by atoms with van der Waals surface area (Å²) in [6.45, 7) is 0.106. The molecular weight excluding hydrogens is 522 g/mol. The number of anilines is 1. The smallest absolute Gasteiger partial charge is 0.360 e. The van der Waals surface area contributed by atoms with Crippen LogP contribution < -0.4 is 10.1 Å². The molecular formula is C32H27N3O4S. The Morgan fingerprint density at radius 3 is 1.85 bits per heavy atom. The number of hydrogen-bond donors (Lipinski definition) is 2. The van der Waals surface area contributed by atoms with Crippen LogP contribution in [0.5, 0.6) is 5.75 Å². The molecule has 0 amide bonds. The van der Waals surface area contributed by atoms with E-state index in [0.29, 0.717) is 5.13 Å². The van der Waals surface area contributed by atoms with Gasteiger partial charge in [0.05, 0.1) is 7.11 Å². The van der Waals surface area contributed by atoms with Crippen molar-refractivity contribution in [2.75, 3.05) is 12.4 Å². The highest BCUT2D eigenvalue weighted by atomic mass is 32.1. The predicted octanol–water partition coefficient (Wildman–Crippen LogP) is 6.56. The Morgan fingerprint density at radius 2 is 1.38 bits per heavy atom. The molecule has 7 nitrogen and oxygen atoms in total. The van der Waals surface area contributed by atoms with E-state index in [1.54, 1.807) is 24.6 Å². The number of ether oxygens (including phenoxy) is 1. The molecule has 0 saturated heterocycles. The quantitative estimate of drug-likeness (QED) is 0.110. The number of benzene rings is 4. The largest absolute Gasteiger partial charge is 0.497 e. The maximum atomic E-state index is 12.1. The number of nitrogens with zero attached hydrogens (tertiary/aromatic N) is 2. The molecule has 5 aromatic rings. The molecule has 4 aromatic carbocycles. The third kappa shape index (κ3) is 5.72. The molecule has 1 heterocycles. The van der Waals surface area contributed by atoms with Crippen molar-refractivity contribution in [3.05, 3.63) is 149 Å². The van der Waals surface area contributed by atoms with Gasteiger partial charge in [-0.05, 0) is 34.4 Å². The van der Waals surface area contributed by atoms with Crippen LogP contribution in [-0.4, -0.2) is 28.9 Å². The van der Waals surface area contributed by atoms with E-state index < -0.39 is 11.5 Å². The Labute approximate surface area is 236 Å². The number of aliphatic carboxylic acids is 1. The topological polar surface area (TPSA) is 93.0 Å². The third-order valence-electron chi connectivity index (χ3n) is 6.41. The zero-order valence-corrected chi connectivity index (χ0v) is 22.5. The summed E-state index contributed by atoms with van der Waals surface area (Å²) in [5.74, 6) is -0.509. The number of carboxylic acid groups (broad SMARTS) is 1. The van der Waals surface area contributed by atoms with E-state index in [-0.39, 0.29) is 18.0 Å². The number of carbonyl (C=O) groups is 1. The SMILES string of the molecule is COc1ccc(CON=C(C(=O)O)c2csc(NC(c3ccccc3)(c3ccccc3)c3ccccc3)n2)cc1. The van der Waals surface area contributed by atoms with Crippen molar-refractivity contribution < 1.29 is 19.5 Å². The van der Waals surface area contributed by atoms with E-state index in [9.17, 15) is 9.90 Å². The predicted molar refractivity (Wildman–Crippen MR) is 157 cm³/mol. The highest BCUT2D eigenvalue weighted by Gasteiger charge is 2.37. The minimum absolute atomic E-state index is 0.106. The fourth-order valence-corrected chi connectivity index (χ4v) is 5.22. The highest BCUT2D eigenvalue weighted by Crippen LogP contribution is 2.40. The molecule has 0 radical (unpaired) electrons. The van der Waals surface area contributed by atoms with Gasteiger partial charge in [0.1, 0.15) is 23.6 Å². The fraction of sp³-hybridized carbons (Fsp3) is 0.0938. The van der Waals surface area contributed by atoms with Gasteiger partial charge in [-0.15, -0.1) is 11.3 Å². The van der Waals surface area contributed by atoms with Crippen molar-refractivity contribution in [2.45, 2.75) is 12.1 Å². The first-order chi connectivity index (χ1) is 19.6. The van der Waals surface area contributed by atoms with Gasteiger partial charge < -0.3 is 20.0 Å². The molecule has 200 valence electrons. The standard InChI is InChI=1S/C32H27N3O4S/c1-38-27-19-17-23(18-20-27)21-39-35-29(30(36)37)28-22-40-31(33-28)34-32(24-11-5-2-6-12-24,25-13-7-3-8-14-25)26-15-9-4-10-16-26/h2-20,22H,21H2,1H3,(H,33,34)(H,36,37). The van der Waals surface area contributed by atoms with Gasteiger partial charge in [0.15, 0.2) is 5.13 Å². The van der Waals surface area contributed by atoms with Gasteiger partial charge in [0.2, 0.25) is 5.71 Å². The Bertz CT molecular complexity index is 1470. The van der Waals surface area contributed by atoms with Gasteiger partial charge in [0.25, 0.3) is 0 Å². The van der Waals surface area contributed by atoms with Crippen molar-refractivity contribution in [2.24, 2.45) is 5.16 Å². The van der Waals surface area contributed by atoms with Crippen LogP contribution in [0.2, 0.25) is 0 Å². The first-order valence-electron chi connectivity index (χ1n) is 12.6. The van der Waals surface area contributed by atoms with Crippen LogP contribution in [0.1, 0.15) is 27.9 Å². The average Bonchev–Trinajstić information content (AvgIpc) is 3.47. The molecule has 0 aliphatic rings. The normalized spacial score (nSPS) is 11.6. The van der Waals surface area contributed by atoms with E-state index in [1.807, 2.05) is 66.7 Å². The van der Waals surface area contributed by atoms with Crippen molar-refractivity contribution >= 4 is 28.1 Å². The molecule has 0 fully saturated rings. The molecule has 0 unspecified atom stereocenters. The van der Waals surface area contributed by atoms with Crippen LogP contribution in [0.3, 0.4) is 0 Å². The van der Waals surface area contributed by atoms with Gasteiger partial charge in [-0.2, -0.15) is 0 Å². The molecule has 5 rings (SSSR count). The van der Waals surface area contributed by atoms with Crippen molar-refractivity contribution in [1.29, 1.82) is 0 Å². The number of aromatic nitrogens is 1. The number of thiazole rings is 1. The highest BCUT2D eigenvalue weighted by molar-refractivity contribution is 7.14. The number of carboxylic acids is 1. The Kier molecular flexibility index (Phi) is 8.18. The molecule has 0 aliphatic carbocycles. The van der Waals surface area contributed by atoms with E-state index in [0.717, 1.165) is 28.0 Å². The second kappa shape index (κ2) is 12.3. The van der Waals surface area contributed by atoms with Crippen molar-refractivity contribution in [3.63, 3.8) is 0 Å². The molecule has 2 N–H and O–H groups in total. The van der Waals surface area contributed by atoms with Crippen LogP contribution in [0.4, 0.5) is 5.13 Å². The molecule has 0 atom stereocenters. The molecule has 1 aromatic heterocycles. The summed E-state index contributed by atoms with van der Waals surface area (Å²) in [5.41, 5.74) is 3.01. The van der Waals surface area contributed by atoms with E-state index >= 15 is 0 Å². The Morgan fingerprint density at radius 1 is 0.850 bits per heavy atom. The lowest BCUT2D eigenvalue weighted by Gasteiger charge is -2.36. The lowest BCUT2D eigenvalue weighted by atomic mass is 9.77. The number of hydrogen-bond acceptors (Lipinski definition) is 7. The van der Waals surface area contributed by atoms with Gasteiger partial charge in [-0.3, -0.25) is 0 Å². The van der Waals surface area contributed by atoms with E-state index in [2.05, 4.69) is 51.9 Å². The van der Waals surface area contributed by atoms with E-state index in [4.69, 9.17) is 9.57 Å². The fourth-order valence-electron chi connectivity index (χ4n) is 4.47. The number of nitrogens with one attached hydrogen (secondary N) is 1. The summed E-state index contributed by atoms with van der Waals surface area (Å²) < 4.78 is 5.16. The van der Waals surface area contributed by atoms with Gasteiger partial charge in [-0.1, -0.05) is 108 Å². The molecule has 0 bridgehead atoms. The summed E-state index contributed by atoms with van der Waals surface area (Å²) in [6, 6.07) is 37.6. The lowest BCUT2D eigenvalue weighted by molar-refractivity contribution is -0.129. The summed E-state index contributed by atoms with van der Waals surface area (Å²) >= 11 is 1.30. The second-order valence-corrected chi connectivity index (χ2v) is 9.74. The molecule has 40 heavy (non-hydrogen) atoms. The van der Waals surface area contributed by atoms with Crippen molar-refractivity contribution in [1.82, 2.24) is 4.98 Å². The van der Waals surface area contributed by atoms with Crippen LogP contribution in [0, 0.1) is 0 Å². The summed E-state index contributed by atoms with van der Waals surface area (Å²) in [4.78, 5) is 22.1. The third-order valence-corrected chi connectivity index (χ3v) is 7.17. The number of oxime groups is 1. The monoisotopic (exact) mass is 549 g/mol. The molecule has 0 aliphatic heterocycles. The molecule has 0 spiro atoms. The summed E-state index contributed by atoms with van der Waals surface area (Å²) in [7, 11) is 1.59. The van der Waals surface area contributed by atoms with Crippen LogP contribution in [0.25, 0.3) is 0 Å². The molecule has 0 saturated carbocycles. The van der Waals surface area contributed by atoms with Crippen molar-refractivity contribution in [3.8, 4) is 5.75 Å². The number of rotatable bonds is 11. The van der Waals surface area contributed by atoms with Gasteiger partial charge >= 0.3 is 5.97 Å². The minimum Gasteiger partial charge on any atom is -0.497 e.